The molecule has 5 heteroatoms. The molecule has 110 valence electrons. The van der Waals surface area contributed by atoms with E-state index in [2.05, 4.69) is 5.16 Å². The van der Waals surface area contributed by atoms with E-state index in [1.165, 1.54) is 0 Å². The molecule has 0 heterocycles. The van der Waals surface area contributed by atoms with Crippen LogP contribution in [-0.2, 0) is 4.79 Å². The molecule has 0 bridgehead atoms. The van der Waals surface area contributed by atoms with Gasteiger partial charge in [-0.2, -0.15) is 0 Å². The number of nitrogens with two attached hydrogens (primary N) is 1. The number of carbonyl (C=O) groups excluding carboxylic acids is 1. The van der Waals surface area contributed by atoms with E-state index in [4.69, 9.17) is 10.9 Å². The Bertz CT molecular complexity index is 469. The molecule has 3 N–H and O–H groups in total. The van der Waals surface area contributed by atoms with Crippen molar-refractivity contribution in [2.24, 2.45) is 16.8 Å². The highest BCUT2D eigenvalue weighted by molar-refractivity contribution is 6.08. The first-order valence-electron chi connectivity index (χ1n) is 6.90. The van der Waals surface area contributed by atoms with Crippen molar-refractivity contribution >= 4 is 17.4 Å². The summed E-state index contributed by atoms with van der Waals surface area (Å²) in [6, 6.07) is 7.74. The van der Waals surface area contributed by atoms with Gasteiger partial charge in [0.2, 0.25) is 5.91 Å². The minimum absolute atomic E-state index is 0.0255. The minimum atomic E-state index is -0.578. The van der Waals surface area contributed by atoms with Crippen molar-refractivity contribution in [2.75, 3.05) is 11.4 Å². The lowest BCUT2D eigenvalue weighted by Gasteiger charge is -2.25. The van der Waals surface area contributed by atoms with E-state index in [1.807, 2.05) is 45.0 Å². The van der Waals surface area contributed by atoms with Crippen molar-refractivity contribution in [3.63, 3.8) is 0 Å². The highest BCUT2D eigenvalue weighted by Gasteiger charge is 2.27. The summed E-state index contributed by atoms with van der Waals surface area (Å²) in [5.74, 6) is -0.734. The van der Waals surface area contributed by atoms with E-state index in [9.17, 15) is 4.79 Å². The average molecular weight is 277 g/mol. The van der Waals surface area contributed by atoms with Crippen LogP contribution in [0.15, 0.2) is 29.4 Å². The number of aryl methyl sites for hydroxylation is 1. The van der Waals surface area contributed by atoms with Gasteiger partial charge in [0.1, 0.15) is 0 Å². The second-order valence-electron chi connectivity index (χ2n) is 4.78. The molecule has 1 aromatic carbocycles. The number of anilines is 1. The van der Waals surface area contributed by atoms with Gasteiger partial charge in [0.25, 0.3) is 0 Å². The number of benzene rings is 1. The quantitative estimate of drug-likeness (QED) is 0.363. The second-order valence-corrected chi connectivity index (χ2v) is 4.78. The fourth-order valence-corrected chi connectivity index (χ4v) is 2.13. The summed E-state index contributed by atoms with van der Waals surface area (Å²) >= 11 is 0. The molecule has 1 unspecified atom stereocenters. The molecule has 0 aliphatic rings. The summed E-state index contributed by atoms with van der Waals surface area (Å²) in [4.78, 5) is 14.3. The summed E-state index contributed by atoms with van der Waals surface area (Å²) in [6.07, 6.45) is 1.36. The Kier molecular flexibility index (Phi) is 6.03. The van der Waals surface area contributed by atoms with Crippen LogP contribution in [0.4, 0.5) is 5.69 Å². The maximum atomic E-state index is 12.6. The van der Waals surface area contributed by atoms with E-state index in [0.29, 0.717) is 13.0 Å². The third-order valence-electron chi connectivity index (χ3n) is 3.28. The van der Waals surface area contributed by atoms with Crippen molar-refractivity contribution in [2.45, 2.75) is 33.6 Å². The van der Waals surface area contributed by atoms with Crippen molar-refractivity contribution in [3.8, 4) is 0 Å². The van der Waals surface area contributed by atoms with Crippen molar-refractivity contribution < 1.29 is 10.0 Å². The molecule has 0 aliphatic heterocycles. The largest absolute Gasteiger partial charge is 0.409 e. The van der Waals surface area contributed by atoms with Crippen LogP contribution >= 0.6 is 0 Å². The van der Waals surface area contributed by atoms with Gasteiger partial charge >= 0.3 is 0 Å². The monoisotopic (exact) mass is 277 g/mol. The Labute approximate surface area is 120 Å². The van der Waals surface area contributed by atoms with Crippen LogP contribution < -0.4 is 10.6 Å². The summed E-state index contributed by atoms with van der Waals surface area (Å²) in [6.45, 7) is 6.42. The van der Waals surface area contributed by atoms with Crippen LogP contribution in [0, 0.1) is 12.8 Å². The van der Waals surface area contributed by atoms with Crippen molar-refractivity contribution in [1.82, 2.24) is 0 Å². The number of amides is 1. The first kappa shape index (κ1) is 16.0. The molecule has 0 aliphatic carbocycles. The van der Waals surface area contributed by atoms with Gasteiger partial charge in [0, 0.05) is 12.2 Å². The molecular formula is C15H23N3O2. The van der Waals surface area contributed by atoms with Gasteiger partial charge in [0.05, 0.1) is 5.92 Å². The molecule has 1 atom stereocenters. The van der Waals surface area contributed by atoms with E-state index in [0.717, 1.165) is 17.7 Å². The van der Waals surface area contributed by atoms with Gasteiger partial charge in [-0.05, 0) is 32.4 Å². The molecular weight excluding hydrogens is 254 g/mol. The average Bonchev–Trinajstić information content (AvgIpc) is 2.46. The first-order valence-corrected chi connectivity index (χ1v) is 6.90. The van der Waals surface area contributed by atoms with Crippen LogP contribution in [0.2, 0.25) is 0 Å². The Morgan fingerprint density at radius 2 is 1.95 bits per heavy atom. The molecule has 1 rings (SSSR count). The maximum Gasteiger partial charge on any atom is 0.237 e. The predicted molar refractivity (Wildman–Crippen MR) is 81.0 cm³/mol. The molecule has 0 saturated heterocycles. The lowest BCUT2D eigenvalue weighted by atomic mass is 10.0. The van der Waals surface area contributed by atoms with Gasteiger partial charge in [0.15, 0.2) is 5.84 Å². The van der Waals surface area contributed by atoms with Crippen LogP contribution in [-0.4, -0.2) is 23.5 Å². The number of carbonyl (C=O) groups is 1. The number of oxime groups is 1. The molecule has 0 fully saturated rings. The SMILES string of the molecule is CCCC(C(=O)N(CC)c1ccc(C)cc1)C(N)=NO. The zero-order valence-electron chi connectivity index (χ0n) is 12.3. The second kappa shape index (κ2) is 7.53. The molecule has 0 aromatic heterocycles. The standard InChI is InChI=1S/C15H23N3O2/c1-4-6-13(14(16)17-20)15(19)18(5-2)12-9-7-11(3)8-10-12/h7-10,13,20H,4-6H2,1-3H3,(H2,16,17). The maximum absolute atomic E-state index is 12.6. The van der Waals surface area contributed by atoms with E-state index in [-0.39, 0.29) is 11.7 Å². The van der Waals surface area contributed by atoms with Gasteiger partial charge in [-0.15, -0.1) is 0 Å². The zero-order chi connectivity index (χ0) is 15.1. The molecule has 0 saturated carbocycles. The summed E-state index contributed by atoms with van der Waals surface area (Å²) in [5, 5.41) is 11.8. The summed E-state index contributed by atoms with van der Waals surface area (Å²) in [5.41, 5.74) is 7.62. The van der Waals surface area contributed by atoms with Crippen molar-refractivity contribution in [1.29, 1.82) is 0 Å². The summed E-state index contributed by atoms with van der Waals surface area (Å²) in [7, 11) is 0. The number of hydrogen-bond acceptors (Lipinski definition) is 3. The van der Waals surface area contributed by atoms with Crippen LogP contribution in [0.1, 0.15) is 32.3 Å². The van der Waals surface area contributed by atoms with Crippen LogP contribution in [0.5, 0.6) is 0 Å². The van der Waals surface area contributed by atoms with Gasteiger partial charge in [-0.3, -0.25) is 4.79 Å². The predicted octanol–water partition coefficient (Wildman–Crippen LogP) is 2.51. The number of amidine groups is 1. The van der Waals surface area contributed by atoms with Gasteiger partial charge in [-0.1, -0.05) is 36.2 Å². The number of hydrogen-bond donors (Lipinski definition) is 2. The van der Waals surface area contributed by atoms with E-state index in [1.54, 1.807) is 4.90 Å². The summed E-state index contributed by atoms with van der Waals surface area (Å²) < 4.78 is 0. The number of rotatable bonds is 6. The molecule has 1 aromatic rings. The van der Waals surface area contributed by atoms with E-state index >= 15 is 0 Å². The Balaban J connectivity index is 3.03. The minimum Gasteiger partial charge on any atom is -0.409 e. The topological polar surface area (TPSA) is 78.9 Å². The van der Waals surface area contributed by atoms with Crippen LogP contribution in [0.25, 0.3) is 0 Å². The number of nitrogens with zero attached hydrogens (tertiary/aromatic N) is 2. The highest BCUT2D eigenvalue weighted by Crippen LogP contribution is 2.19. The normalized spacial score (nSPS) is 13.1. The molecule has 0 spiro atoms. The molecule has 20 heavy (non-hydrogen) atoms. The smallest absolute Gasteiger partial charge is 0.237 e. The molecule has 5 nitrogen and oxygen atoms in total. The van der Waals surface area contributed by atoms with Crippen molar-refractivity contribution in [3.05, 3.63) is 29.8 Å². The third-order valence-corrected chi connectivity index (χ3v) is 3.28. The Morgan fingerprint density at radius 1 is 1.35 bits per heavy atom. The lowest BCUT2D eigenvalue weighted by Crippen LogP contribution is -2.42. The highest BCUT2D eigenvalue weighted by atomic mass is 16.4. The van der Waals surface area contributed by atoms with Crippen LogP contribution in [0.3, 0.4) is 0 Å². The Morgan fingerprint density at radius 3 is 2.40 bits per heavy atom. The zero-order valence-corrected chi connectivity index (χ0v) is 12.3. The Hall–Kier alpha value is -2.04. The molecule has 0 radical (unpaired) electrons. The molecule has 1 amide bonds. The lowest BCUT2D eigenvalue weighted by molar-refractivity contribution is -0.120. The third kappa shape index (κ3) is 3.73. The van der Waals surface area contributed by atoms with Gasteiger partial charge < -0.3 is 15.8 Å². The fourth-order valence-electron chi connectivity index (χ4n) is 2.13. The van der Waals surface area contributed by atoms with Gasteiger partial charge in [-0.25, -0.2) is 0 Å². The first-order chi connectivity index (χ1) is 9.54. The van der Waals surface area contributed by atoms with E-state index < -0.39 is 5.92 Å². The fraction of sp³-hybridized carbons (Fsp3) is 0.467.